The maximum Gasteiger partial charge on any atom is 0.0786 e. The second kappa shape index (κ2) is 7.94. The number of nitrogens with two attached hydrogens (primary N) is 1. The molecule has 0 rings (SSSR count). The minimum Gasteiger partial charge on any atom is -0.390 e. The van der Waals surface area contributed by atoms with Gasteiger partial charge < -0.3 is 20.9 Å². The average molecular weight is 162 g/mol. The summed E-state index contributed by atoms with van der Waals surface area (Å²) in [6, 6.07) is 0. The van der Waals surface area contributed by atoms with Crippen molar-refractivity contribution in [3.8, 4) is 0 Å². The molecule has 11 heavy (non-hydrogen) atoms. The van der Waals surface area contributed by atoms with Gasteiger partial charge in [-0.1, -0.05) is 0 Å². The SMILES string of the molecule is COCCCNCC(O)CN. The number of hydrogen-bond acceptors (Lipinski definition) is 4. The summed E-state index contributed by atoms with van der Waals surface area (Å²) >= 11 is 0. The molecule has 0 bridgehead atoms. The van der Waals surface area contributed by atoms with E-state index in [-0.39, 0.29) is 0 Å². The first-order valence-corrected chi connectivity index (χ1v) is 3.89. The molecule has 1 atom stereocenters. The van der Waals surface area contributed by atoms with Crippen LogP contribution in [-0.2, 0) is 4.74 Å². The fourth-order valence-electron chi connectivity index (χ4n) is 0.694. The summed E-state index contributed by atoms with van der Waals surface area (Å²) in [5, 5.41) is 12.1. The molecule has 0 aromatic rings. The van der Waals surface area contributed by atoms with E-state index in [2.05, 4.69) is 5.32 Å². The van der Waals surface area contributed by atoms with Gasteiger partial charge in [0, 0.05) is 26.8 Å². The van der Waals surface area contributed by atoms with Gasteiger partial charge in [0.15, 0.2) is 0 Å². The van der Waals surface area contributed by atoms with Gasteiger partial charge in [-0.05, 0) is 13.0 Å². The van der Waals surface area contributed by atoms with Crippen LogP contribution in [0.25, 0.3) is 0 Å². The third kappa shape index (κ3) is 7.74. The predicted molar refractivity (Wildman–Crippen MR) is 44.4 cm³/mol. The van der Waals surface area contributed by atoms with Gasteiger partial charge in [-0.2, -0.15) is 0 Å². The smallest absolute Gasteiger partial charge is 0.0786 e. The van der Waals surface area contributed by atoms with E-state index in [0.717, 1.165) is 19.6 Å². The molecule has 0 radical (unpaired) electrons. The summed E-state index contributed by atoms with van der Waals surface area (Å²) < 4.78 is 4.85. The predicted octanol–water partition coefficient (Wildman–Crippen LogP) is -1.07. The summed E-state index contributed by atoms with van der Waals surface area (Å²) in [5.74, 6) is 0. The lowest BCUT2D eigenvalue weighted by atomic mass is 10.3. The fraction of sp³-hybridized carbons (Fsp3) is 1.00. The van der Waals surface area contributed by atoms with Crippen molar-refractivity contribution in [3.05, 3.63) is 0 Å². The topological polar surface area (TPSA) is 67.5 Å². The molecule has 0 aliphatic heterocycles. The highest BCUT2D eigenvalue weighted by Crippen LogP contribution is 1.78. The molecule has 0 aromatic carbocycles. The average Bonchev–Trinajstić information content (AvgIpc) is 2.04. The minimum atomic E-state index is -0.419. The summed E-state index contributed by atoms with van der Waals surface area (Å²) in [4.78, 5) is 0. The van der Waals surface area contributed by atoms with Crippen molar-refractivity contribution in [2.75, 3.05) is 33.4 Å². The van der Waals surface area contributed by atoms with E-state index >= 15 is 0 Å². The van der Waals surface area contributed by atoms with Crippen molar-refractivity contribution in [1.82, 2.24) is 5.32 Å². The van der Waals surface area contributed by atoms with Crippen molar-refractivity contribution >= 4 is 0 Å². The van der Waals surface area contributed by atoms with Crippen LogP contribution in [0, 0.1) is 0 Å². The van der Waals surface area contributed by atoms with Gasteiger partial charge in [-0.25, -0.2) is 0 Å². The van der Waals surface area contributed by atoms with Crippen LogP contribution in [0.15, 0.2) is 0 Å². The molecule has 1 unspecified atom stereocenters. The lowest BCUT2D eigenvalue weighted by Gasteiger charge is -2.08. The van der Waals surface area contributed by atoms with E-state index in [1.165, 1.54) is 0 Å². The van der Waals surface area contributed by atoms with Gasteiger partial charge in [0.1, 0.15) is 0 Å². The Morgan fingerprint density at radius 2 is 2.36 bits per heavy atom. The molecule has 0 aromatic heterocycles. The molecule has 4 nitrogen and oxygen atoms in total. The van der Waals surface area contributed by atoms with Crippen LogP contribution < -0.4 is 11.1 Å². The first-order valence-electron chi connectivity index (χ1n) is 3.89. The third-order valence-electron chi connectivity index (χ3n) is 1.35. The van der Waals surface area contributed by atoms with Gasteiger partial charge in [0.05, 0.1) is 6.10 Å². The molecular weight excluding hydrogens is 144 g/mol. The number of methoxy groups -OCH3 is 1. The Morgan fingerprint density at radius 3 is 2.91 bits per heavy atom. The van der Waals surface area contributed by atoms with Crippen molar-refractivity contribution in [2.45, 2.75) is 12.5 Å². The number of hydrogen-bond donors (Lipinski definition) is 3. The van der Waals surface area contributed by atoms with E-state index < -0.39 is 6.10 Å². The Balaban J connectivity index is 2.89. The van der Waals surface area contributed by atoms with Crippen LogP contribution in [0.2, 0.25) is 0 Å². The maximum atomic E-state index is 9.00. The lowest BCUT2D eigenvalue weighted by Crippen LogP contribution is -2.33. The maximum absolute atomic E-state index is 9.00. The third-order valence-corrected chi connectivity index (χ3v) is 1.35. The van der Waals surface area contributed by atoms with Crippen molar-refractivity contribution in [3.63, 3.8) is 0 Å². The number of nitrogens with one attached hydrogen (secondary N) is 1. The van der Waals surface area contributed by atoms with Gasteiger partial charge in [0.2, 0.25) is 0 Å². The Labute approximate surface area is 67.7 Å². The molecule has 4 N–H and O–H groups in total. The van der Waals surface area contributed by atoms with Gasteiger partial charge in [-0.3, -0.25) is 0 Å². The molecule has 68 valence electrons. The lowest BCUT2D eigenvalue weighted by molar-refractivity contribution is 0.172. The Bertz CT molecular complexity index is 80.8. The Kier molecular flexibility index (Phi) is 7.83. The van der Waals surface area contributed by atoms with Crippen LogP contribution in [0.1, 0.15) is 6.42 Å². The molecule has 0 heterocycles. The van der Waals surface area contributed by atoms with Gasteiger partial charge in [0.25, 0.3) is 0 Å². The first-order chi connectivity index (χ1) is 5.31. The second-order valence-electron chi connectivity index (χ2n) is 2.44. The molecule has 4 heteroatoms. The molecule has 0 spiro atoms. The van der Waals surface area contributed by atoms with Crippen LogP contribution in [0.3, 0.4) is 0 Å². The zero-order valence-corrected chi connectivity index (χ0v) is 7.05. The number of ether oxygens (including phenoxy) is 1. The van der Waals surface area contributed by atoms with E-state index in [9.17, 15) is 0 Å². The Hall–Kier alpha value is -0.160. The van der Waals surface area contributed by atoms with Crippen LogP contribution in [-0.4, -0.2) is 44.6 Å². The number of aliphatic hydroxyl groups excluding tert-OH is 1. The van der Waals surface area contributed by atoms with Crippen molar-refractivity contribution in [2.24, 2.45) is 5.73 Å². The number of aliphatic hydroxyl groups is 1. The molecule has 0 aliphatic carbocycles. The summed E-state index contributed by atoms with van der Waals surface area (Å²) in [5.41, 5.74) is 5.20. The summed E-state index contributed by atoms with van der Waals surface area (Å²) in [7, 11) is 1.68. The first kappa shape index (κ1) is 10.8. The quantitative estimate of drug-likeness (QED) is 0.417. The molecular formula is C7H18N2O2. The summed E-state index contributed by atoms with van der Waals surface area (Å²) in [6.07, 6.45) is 0.547. The Morgan fingerprint density at radius 1 is 1.64 bits per heavy atom. The molecule has 0 amide bonds. The minimum absolute atomic E-state index is 0.317. The highest BCUT2D eigenvalue weighted by molar-refractivity contribution is 4.58. The van der Waals surface area contributed by atoms with E-state index in [1.807, 2.05) is 0 Å². The van der Waals surface area contributed by atoms with E-state index in [1.54, 1.807) is 7.11 Å². The van der Waals surface area contributed by atoms with Crippen LogP contribution in [0.4, 0.5) is 0 Å². The normalized spacial score (nSPS) is 13.4. The van der Waals surface area contributed by atoms with Crippen LogP contribution >= 0.6 is 0 Å². The molecule has 0 saturated heterocycles. The number of rotatable bonds is 7. The standard InChI is InChI=1S/C7H18N2O2/c1-11-4-2-3-9-6-7(10)5-8/h7,9-10H,2-6,8H2,1H3. The second-order valence-corrected chi connectivity index (χ2v) is 2.44. The molecule has 0 fully saturated rings. The highest BCUT2D eigenvalue weighted by Gasteiger charge is 1.97. The van der Waals surface area contributed by atoms with Crippen molar-refractivity contribution < 1.29 is 9.84 Å². The summed E-state index contributed by atoms with van der Waals surface area (Å²) in [6.45, 7) is 2.51. The van der Waals surface area contributed by atoms with Gasteiger partial charge in [-0.15, -0.1) is 0 Å². The van der Waals surface area contributed by atoms with E-state index in [4.69, 9.17) is 15.6 Å². The van der Waals surface area contributed by atoms with E-state index in [0.29, 0.717) is 13.1 Å². The molecule has 0 saturated carbocycles. The van der Waals surface area contributed by atoms with Crippen LogP contribution in [0.5, 0.6) is 0 Å². The highest BCUT2D eigenvalue weighted by atomic mass is 16.5. The zero-order valence-electron chi connectivity index (χ0n) is 7.05. The van der Waals surface area contributed by atoms with Gasteiger partial charge >= 0.3 is 0 Å². The molecule has 0 aliphatic rings. The zero-order chi connectivity index (χ0) is 8.53. The monoisotopic (exact) mass is 162 g/mol. The fourth-order valence-corrected chi connectivity index (χ4v) is 0.694. The van der Waals surface area contributed by atoms with Crippen molar-refractivity contribution in [1.29, 1.82) is 0 Å². The largest absolute Gasteiger partial charge is 0.390 e.